The number of amides is 1. The Labute approximate surface area is 153 Å². The van der Waals surface area contributed by atoms with Crippen molar-refractivity contribution >= 4 is 22.8 Å². The number of hydrogen-bond donors (Lipinski definition) is 2. The van der Waals surface area contributed by atoms with Crippen LogP contribution in [0.3, 0.4) is 0 Å². The first-order valence-corrected chi connectivity index (χ1v) is 8.38. The van der Waals surface area contributed by atoms with Gasteiger partial charge in [0.2, 0.25) is 5.91 Å². The van der Waals surface area contributed by atoms with Crippen molar-refractivity contribution in [1.82, 2.24) is 24.6 Å². The van der Waals surface area contributed by atoms with Gasteiger partial charge in [0.15, 0.2) is 5.65 Å². The highest BCUT2D eigenvalue weighted by molar-refractivity contribution is 5.98. The van der Waals surface area contributed by atoms with Crippen molar-refractivity contribution in [1.29, 1.82) is 0 Å². The maximum Gasteiger partial charge on any atom is 0.246 e. The molecule has 9 heteroatoms. The molecule has 2 aromatic heterocycles. The van der Waals surface area contributed by atoms with Gasteiger partial charge in [-0.05, 0) is 24.6 Å². The number of aromatic nitrogens is 4. The number of phenolic OH excluding ortho intramolecular Hbond substituents is 1. The summed E-state index contributed by atoms with van der Waals surface area (Å²) in [5.74, 6) is -0.767. The van der Waals surface area contributed by atoms with Crippen molar-refractivity contribution < 1.29 is 14.3 Å². The van der Waals surface area contributed by atoms with Gasteiger partial charge < -0.3 is 15.7 Å². The van der Waals surface area contributed by atoms with E-state index in [2.05, 4.69) is 21.6 Å². The molecule has 1 fully saturated rings. The highest BCUT2D eigenvalue weighted by atomic mass is 19.1. The van der Waals surface area contributed by atoms with Crippen LogP contribution in [0.2, 0.25) is 0 Å². The van der Waals surface area contributed by atoms with Gasteiger partial charge in [-0.15, -0.1) is 0 Å². The number of halogens is 1. The van der Waals surface area contributed by atoms with Crippen LogP contribution in [-0.4, -0.2) is 48.8 Å². The normalized spacial score (nSPS) is 16.8. The minimum Gasteiger partial charge on any atom is -0.508 e. The summed E-state index contributed by atoms with van der Waals surface area (Å²) in [5, 5.41) is 14.5. The minimum atomic E-state index is -0.625. The minimum absolute atomic E-state index is 0.125. The molecule has 0 spiro atoms. The van der Waals surface area contributed by atoms with E-state index >= 15 is 0 Å². The molecular formula is C18H17FN6O2. The van der Waals surface area contributed by atoms with E-state index in [0.717, 1.165) is 6.07 Å². The number of nitrogen functional groups attached to an aromatic ring is 1. The lowest BCUT2D eigenvalue weighted by Gasteiger charge is -2.14. The SMILES string of the molecule is C=CC(=O)N1CC[C@@H](n2nc(-c3ccc(O)cc3F)c3c(N)ncnc32)C1. The van der Waals surface area contributed by atoms with E-state index < -0.39 is 5.82 Å². The van der Waals surface area contributed by atoms with Crippen LogP contribution in [0.1, 0.15) is 12.5 Å². The van der Waals surface area contributed by atoms with Gasteiger partial charge >= 0.3 is 0 Å². The number of nitrogens with zero attached hydrogens (tertiary/aromatic N) is 5. The first kappa shape index (κ1) is 17.0. The average molecular weight is 368 g/mol. The molecule has 4 rings (SSSR count). The molecule has 0 saturated carbocycles. The summed E-state index contributed by atoms with van der Waals surface area (Å²) in [5.41, 5.74) is 6.99. The number of benzene rings is 1. The third kappa shape index (κ3) is 2.77. The van der Waals surface area contributed by atoms with Crippen LogP contribution in [0.4, 0.5) is 10.2 Å². The van der Waals surface area contributed by atoms with Gasteiger partial charge in [-0.3, -0.25) is 4.79 Å². The van der Waals surface area contributed by atoms with Gasteiger partial charge in [0.25, 0.3) is 0 Å². The van der Waals surface area contributed by atoms with Gasteiger partial charge in [0, 0.05) is 24.7 Å². The van der Waals surface area contributed by atoms with Gasteiger partial charge in [0.05, 0.1) is 11.4 Å². The van der Waals surface area contributed by atoms with Crippen LogP contribution in [0.15, 0.2) is 37.2 Å². The summed E-state index contributed by atoms with van der Waals surface area (Å²) in [6.45, 7) is 4.53. The number of aromatic hydroxyl groups is 1. The molecule has 3 N–H and O–H groups in total. The number of anilines is 1. The van der Waals surface area contributed by atoms with Crippen LogP contribution in [-0.2, 0) is 4.79 Å². The molecule has 1 saturated heterocycles. The van der Waals surface area contributed by atoms with E-state index in [-0.39, 0.29) is 29.1 Å². The number of hydrogen-bond acceptors (Lipinski definition) is 6. The van der Waals surface area contributed by atoms with E-state index in [9.17, 15) is 14.3 Å². The molecule has 1 atom stereocenters. The molecule has 1 aromatic carbocycles. The molecule has 3 heterocycles. The van der Waals surface area contributed by atoms with Crippen molar-refractivity contribution in [2.45, 2.75) is 12.5 Å². The smallest absolute Gasteiger partial charge is 0.246 e. The third-order valence-electron chi connectivity index (χ3n) is 4.72. The number of carbonyl (C=O) groups excluding carboxylic acids is 1. The van der Waals surface area contributed by atoms with Crippen molar-refractivity contribution in [3.05, 3.63) is 43.0 Å². The second-order valence-corrected chi connectivity index (χ2v) is 6.35. The summed E-state index contributed by atoms with van der Waals surface area (Å²) in [6, 6.07) is 3.70. The van der Waals surface area contributed by atoms with Crippen LogP contribution < -0.4 is 5.73 Å². The average Bonchev–Trinajstić information content (AvgIpc) is 3.27. The van der Waals surface area contributed by atoms with E-state index in [4.69, 9.17) is 5.73 Å². The number of nitrogens with two attached hydrogens (primary N) is 1. The molecule has 1 aliphatic heterocycles. The topological polar surface area (TPSA) is 110 Å². The van der Waals surface area contributed by atoms with Gasteiger partial charge in [0.1, 0.15) is 29.4 Å². The van der Waals surface area contributed by atoms with Crippen molar-refractivity contribution in [3.8, 4) is 17.0 Å². The fraction of sp³-hybridized carbons (Fsp3) is 0.222. The Balaban J connectivity index is 1.85. The summed E-state index contributed by atoms with van der Waals surface area (Å²) in [4.78, 5) is 21.8. The van der Waals surface area contributed by atoms with Crippen LogP contribution in [0.25, 0.3) is 22.3 Å². The maximum absolute atomic E-state index is 14.4. The van der Waals surface area contributed by atoms with E-state index in [1.54, 1.807) is 9.58 Å². The molecule has 0 unspecified atom stereocenters. The Hall–Kier alpha value is -3.49. The summed E-state index contributed by atoms with van der Waals surface area (Å²) in [7, 11) is 0. The Morgan fingerprint density at radius 2 is 2.22 bits per heavy atom. The number of likely N-dealkylation sites (tertiary alicyclic amines) is 1. The molecular weight excluding hydrogens is 351 g/mol. The zero-order valence-corrected chi connectivity index (χ0v) is 14.3. The lowest BCUT2D eigenvalue weighted by Crippen LogP contribution is -2.27. The number of rotatable bonds is 3. The summed E-state index contributed by atoms with van der Waals surface area (Å²) < 4.78 is 16.1. The quantitative estimate of drug-likeness (QED) is 0.683. The van der Waals surface area contributed by atoms with Crippen LogP contribution in [0, 0.1) is 5.82 Å². The molecule has 0 aliphatic carbocycles. The predicted molar refractivity (Wildman–Crippen MR) is 97.2 cm³/mol. The lowest BCUT2D eigenvalue weighted by molar-refractivity contribution is -0.125. The molecule has 3 aromatic rings. The van der Waals surface area contributed by atoms with Crippen molar-refractivity contribution in [3.63, 3.8) is 0 Å². The second-order valence-electron chi connectivity index (χ2n) is 6.35. The maximum atomic E-state index is 14.4. The first-order valence-electron chi connectivity index (χ1n) is 8.38. The third-order valence-corrected chi connectivity index (χ3v) is 4.72. The van der Waals surface area contributed by atoms with Crippen LogP contribution in [0.5, 0.6) is 5.75 Å². The number of carbonyl (C=O) groups is 1. The van der Waals surface area contributed by atoms with Gasteiger partial charge in [-0.2, -0.15) is 5.10 Å². The van der Waals surface area contributed by atoms with Crippen molar-refractivity contribution in [2.24, 2.45) is 0 Å². The molecule has 27 heavy (non-hydrogen) atoms. The Morgan fingerprint density at radius 1 is 1.41 bits per heavy atom. The number of fused-ring (bicyclic) bond motifs is 1. The van der Waals surface area contributed by atoms with Crippen molar-refractivity contribution in [2.75, 3.05) is 18.8 Å². The molecule has 0 radical (unpaired) electrons. The summed E-state index contributed by atoms with van der Waals surface area (Å²) in [6.07, 6.45) is 3.28. The summed E-state index contributed by atoms with van der Waals surface area (Å²) >= 11 is 0. The van der Waals surface area contributed by atoms with E-state index in [0.29, 0.717) is 36.2 Å². The Morgan fingerprint density at radius 3 is 2.96 bits per heavy atom. The Bertz CT molecular complexity index is 1060. The molecule has 138 valence electrons. The zero-order chi connectivity index (χ0) is 19.1. The molecule has 1 amide bonds. The highest BCUT2D eigenvalue weighted by Crippen LogP contribution is 2.35. The first-order chi connectivity index (χ1) is 13.0. The molecule has 8 nitrogen and oxygen atoms in total. The lowest BCUT2D eigenvalue weighted by atomic mass is 10.1. The molecule has 0 bridgehead atoms. The predicted octanol–water partition coefficient (Wildman–Crippen LogP) is 1.88. The van der Waals surface area contributed by atoms with Crippen LogP contribution >= 0.6 is 0 Å². The zero-order valence-electron chi connectivity index (χ0n) is 14.3. The Kier molecular flexibility index (Phi) is 3.98. The van der Waals surface area contributed by atoms with Gasteiger partial charge in [-0.1, -0.05) is 6.58 Å². The monoisotopic (exact) mass is 368 g/mol. The fourth-order valence-electron chi connectivity index (χ4n) is 3.41. The highest BCUT2D eigenvalue weighted by Gasteiger charge is 2.30. The molecule has 1 aliphatic rings. The number of phenols is 1. The van der Waals surface area contributed by atoms with Gasteiger partial charge in [-0.25, -0.2) is 19.0 Å². The fourth-order valence-corrected chi connectivity index (χ4v) is 3.41. The second kappa shape index (κ2) is 6.35. The largest absolute Gasteiger partial charge is 0.508 e. The van der Waals surface area contributed by atoms with E-state index in [1.165, 1.54) is 24.5 Å². The standard InChI is InChI=1S/C18H17FN6O2/c1-2-14(27)24-6-5-10(8-24)25-18-15(17(20)21-9-22-18)16(23-25)12-4-3-11(26)7-13(12)19/h2-4,7,9-10,26H,1,5-6,8H2,(H2,20,21,22)/t10-/m1/s1. The van der Waals surface area contributed by atoms with E-state index in [1.807, 2.05) is 0 Å².